The fraction of sp³-hybridized carbons (Fsp3) is 0.273. The number of esters is 2. The first-order valence-electron chi connectivity index (χ1n) is 9.20. The number of nitrogens with zero attached hydrogens (tertiary/aromatic N) is 1. The summed E-state index contributed by atoms with van der Waals surface area (Å²) >= 11 is 3.40. The Morgan fingerprint density at radius 2 is 1.90 bits per heavy atom. The van der Waals surface area contributed by atoms with Gasteiger partial charge in [-0.1, -0.05) is 35.0 Å². The van der Waals surface area contributed by atoms with Crippen molar-refractivity contribution < 1.29 is 24.2 Å². The topological polar surface area (TPSA) is 76.1 Å². The van der Waals surface area contributed by atoms with Crippen LogP contribution in [0.3, 0.4) is 0 Å². The molecule has 0 aliphatic heterocycles. The first-order valence-corrected chi connectivity index (χ1v) is 9.99. The molecule has 0 amide bonds. The highest BCUT2D eigenvalue weighted by atomic mass is 79.9. The van der Waals surface area contributed by atoms with Gasteiger partial charge in [-0.05, 0) is 48.5 Å². The zero-order valence-electron chi connectivity index (χ0n) is 16.4. The molecule has 2 rings (SSSR count). The van der Waals surface area contributed by atoms with Gasteiger partial charge in [0.05, 0.1) is 0 Å². The number of carbonyl (C=O) groups is 2. The summed E-state index contributed by atoms with van der Waals surface area (Å²) in [4.78, 5) is 24.9. The van der Waals surface area contributed by atoms with Gasteiger partial charge in [0.15, 0.2) is 0 Å². The number of hydrogen-bond donors (Lipinski definition) is 1. The Morgan fingerprint density at radius 1 is 1.17 bits per heavy atom. The predicted octanol–water partition coefficient (Wildman–Crippen LogP) is 4.16. The van der Waals surface area contributed by atoms with Crippen LogP contribution in [0.4, 0.5) is 0 Å². The molecule has 0 saturated heterocycles. The van der Waals surface area contributed by atoms with Crippen LogP contribution in [0, 0.1) is 0 Å². The van der Waals surface area contributed by atoms with Crippen molar-refractivity contribution in [1.82, 2.24) is 4.90 Å². The average molecular weight is 462 g/mol. The van der Waals surface area contributed by atoms with Gasteiger partial charge < -0.3 is 14.6 Å². The minimum Gasteiger partial charge on any atom is -0.508 e. The van der Waals surface area contributed by atoms with Gasteiger partial charge in [-0.2, -0.15) is 0 Å². The van der Waals surface area contributed by atoms with E-state index in [2.05, 4.69) is 20.8 Å². The van der Waals surface area contributed by atoms with E-state index in [1.807, 2.05) is 13.0 Å². The van der Waals surface area contributed by atoms with E-state index >= 15 is 0 Å². The Labute approximate surface area is 178 Å². The molecule has 0 spiro atoms. The standard InChI is InChI=1S/C22H24BrNO5/c1-3-24(15-18-14-19(23)7-10-21(18)26)12-13-28-22(27)11-6-17-4-8-20(9-5-17)29-16(2)25/h4-11,14,26H,3,12-13,15H2,1-2H3. The molecule has 0 aromatic heterocycles. The maximum atomic E-state index is 11.9. The van der Waals surface area contributed by atoms with Crippen LogP contribution >= 0.6 is 15.9 Å². The minimum absolute atomic E-state index is 0.242. The predicted molar refractivity (Wildman–Crippen MR) is 115 cm³/mol. The van der Waals surface area contributed by atoms with Gasteiger partial charge in [0.2, 0.25) is 0 Å². The van der Waals surface area contributed by atoms with E-state index in [1.54, 1.807) is 42.5 Å². The number of phenolic OH excluding ortho intramolecular Hbond substituents is 1. The van der Waals surface area contributed by atoms with E-state index in [0.29, 0.717) is 18.8 Å². The van der Waals surface area contributed by atoms with Crippen LogP contribution < -0.4 is 4.74 Å². The number of phenols is 1. The molecule has 154 valence electrons. The molecule has 6 nitrogen and oxygen atoms in total. The van der Waals surface area contributed by atoms with Crippen molar-refractivity contribution in [2.24, 2.45) is 0 Å². The molecule has 2 aromatic rings. The molecule has 2 aromatic carbocycles. The molecular formula is C22H24BrNO5. The Kier molecular flexibility index (Phi) is 8.89. The van der Waals surface area contributed by atoms with Gasteiger partial charge in [0.1, 0.15) is 18.1 Å². The van der Waals surface area contributed by atoms with E-state index in [0.717, 1.165) is 22.1 Å². The van der Waals surface area contributed by atoms with Gasteiger partial charge in [-0.3, -0.25) is 9.69 Å². The van der Waals surface area contributed by atoms with Crippen LogP contribution in [-0.2, 0) is 20.9 Å². The first-order chi connectivity index (χ1) is 13.9. The highest BCUT2D eigenvalue weighted by Crippen LogP contribution is 2.23. The third-order valence-corrected chi connectivity index (χ3v) is 4.58. The number of benzene rings is 2. The highest BCUT2D eigenvalue weighted by molar-refractivity contribution is 9.10. The Morgan fingerprint density at radius 3 is 2.55 bits per heavy atom. The summed E-state index contributed by atoms with van der Waals surface area (Å²) < 4.78 is 11.1. The summed E-state index contributed by atoms with van der Waals surface area (Å²) in [7, 11) is 0. The molecule has 0 unspecified atom stereocenters. The van der Waals surface area contributed by atoms with Crippen LogP contribution in [0.2, 0.25) is 0 Å². The van der Waals surface area contributed by atoms with Crippen LogP contribution in [0.25, 0.3) is 6.08 Å². The number of likely N-dealkylation sites (N-methyl/N-ethyl adjacent to an activating group) is 1. The highest BCUT2D eigenvalue weighted by Gasteiger charge is 2.09. The molecule has 0 heterocycles. The van der Waals surface area contributed by atoms with Crippen molar-refractivity contribution in [2.45, 2.75) is 20.4 Å². The van der Waals surface area contributed by atoms with E-state index in [9.17, 15) is 14.7 Å². The number of hydrogen-bond acceptors (Lipinski definition) is 6. The SMILES string of the molecule is CCN(CCOC(=O)C=Cc1ccc(OC(C)=O)cc1)Cc1cc(Br)ccc1O. The second-order valence-corrected chi connectivity index (χ2v) is 7.22. The van der Waals surface area contributed by atoms with Crippen molar-refractivity contribution >= 4 is 33.9 Å². The quantitative estimate of drug-likeness (QED) is 0.343. The summed E-state index contributed by atoms with van der Waals surface area (Å²) in [5.41, 5.74) is 1.60. The zero-order chi connectivity index (χ0) is 21.2. The van der Waals surface area contributed by atoms with Crippen molar-refractivity contribution in [1.29, 1.82) is 0 Å². The summed E-state index contributed by atoms with van der Waals surface area (Å²) in [6.07, 6.45) is 2.99. The lowest BCUT2D eigenvalue weighted by Crippen LogP contribution is -2.27. The van der Waals surface area contributed by atoms with Gasteiger partial charge in [-0.15, -0.1) is 0 Å². The monoisotopic (exact) mass is 461 g/mol. The molecule has 0 saturated carbocycles. The molecule has 0 bridgehead atoms. The summed E-state index contributed by atoms with van der Waals surface area (Å²) in [6, 6.07) is 12.1. The molecule has 0 atom stereocenters. The van der Waals surface area contributed by atoms with Gasteiger partial charge >= 0.3 is 11.9 Å². The Hall–Kier alpha value is -2.64. The number of aromatic hydroxyl groups is 1. The normalized spacial score (nSPS) is 11.0. The van der Waals surface area contributed by atoms with Gasteiger partial charge in [0, 0.05) is 36.1 Å². The minimum atomic E-state index is -0.435. The van der Waals surface area contributed by atoms with E-state index < -0.39 is 5.97 Å². The van der Waals surface area contributed by atoms with Gasteiger partial charge in [-0.25, -0.2) is 4.79 Å². The molecular weight excluding hydrogens is 438 g/mol. The Balaban J connectivity index is 1.79. The largest absolute Gasteiger partial charge is 0.508 e. The summed E-state index contributed by atoms with van der Waals surface area (Å²) in [5.74, 6) is -0.122. The second kappa shape index (κ2) is 11.4. The van der Waals surface area contributed by atoms with Gasteiger partial charge in [0.25, 0.3) is 0 Å². The summed E-state index contributed by atoms with van der Waals surface area (Å²) in [6.45, 7) is 5.47. The number of ether oxygens (including phenoxy) is 2. The lowest BCUT2D eigenvalue weighted by Gasteiger charge is -2.20. The molecule has 0 aliphatic rings. The molecule has 7 heteroatoms. The molecule has 0 aliphatic carbocycles. The van der Waals surface area contributed by atoms with Crippen molar-refractivity contribution in [2.75, 3.05) is 19.7 Å². The third kappa shape index (κ3) is 8.09. The van der Waals surface area contributed by atoms with E-state index in [-0.39, 0.29) is 18.3 Å². The van der Waals surface area contributed by atoms with E-state index in [4.69, 9.17) is 9.47 Å². The van der Waals surface area contributed by atoms with Crippen LogP contribution in [0.15, 0.2) is 53.0 Å². The maximum Gasteiger partial charge on any atom is 0.330 e. The van der Waals surface area contributed by atoms with E-state index in [1.165, 1.54) is 13.0 Å². The number of rotatable bonds is 9. The molecule has 0 fully saturated rings. The van der Waals surface area contributed by atoms with Crippen LogP contribution in [0.1, 0.15) is 25.0 Å². The lowest BCUT2D eigenvalue weighted by molar-refractivity contribution is -0.138. The lowest BCUT2D eigenvalue weighted by atomic mass is 10.2. The Bertz CT molecular complexity index is 864. The third-order valence-electron chi connectivity index (χ3n) is 4.09. The van der Waals surface area contributed by atoms with Crippen molar-refractivity contribution in [3.05, 3.63) is 64.1 Å². The molecule has 29 heavy (non-hydrogen) atoms. The summed E-state index contributed by atoms with van der Waals surface area (Å²) in [5, 5.41) is 9.96. The first kappa shape index (κ1) is 22.6. The van der Waals surface area contributed by atoms with Crippen molar-refractivity contribution in [3.63, 3.8) is 0 Å². The average Bonchev–Trinajstić information content (AvgIpc) is 2.69. The fourth-order valence-electron chi connectivity index (χ4n) is 2.57. The van der Waals surface area contributed by atoms with Crippen molar-refractivity contribution in [3.8, 4) is 11.5 Å². The second-order valence-electron chi connectivity index (χ2n) is 6.31. The number of carbonyl (C=O) groups excluding carboxylic acids is 2. The molecule has 1 N–H and O–H groups in total. The van der Waals surface area contributed by atoms with Crippen LogP contribution in [-0.4, -0.2) is 41.6 Å². The smallest absolute Gasteiger partial charge is 0.330 e. The fourth-order valence-corrected chi connectivity index (χ4v) is 2.98. The zero-order valence-corrected chi connectivity index (χ0v) is 18.0. The van der Waals surface area contributed by atoms with Crippen LogP contribution in [0.5, 0.6) is 11.5 Å². The molecule has 0 radical (unpaired) electrons. The maximum absolute atomic E-state index is 11.9. The number of halogens is 1.